The molecule has 0 atom stereocenters. The Hall–Kier alpha value is -2.32. The molecule has 0 aromatic carbocycles. The zero-order valence-corrected chi connectivity index (χ0v) is 14.3. The van der Waals surface area contributed by atoms with Crippen molar-refractivity contribution in [3.63, 3.8) is 0 Å². The largest absolute Gasteiger partial charge is 0.337 e. The minimum absolute atomic E-state index is 0.0985. The van der Waals surface area contributed by atoms with E-state index in [2.05, 4.69) is 15.0 Å². The molecule has 8 heteroatoms. The molecule has 0 amide bonds. The lowest BCUT2D eigenvalue weighted by atomic mass is 10.1. The van der Waals surface area contributed by atoms with Gasteiger partial charge in [0.15, 0.2) is 10.7 Å². The highest BCUT2D eigenvalue weighted by Crippen LogP contribution is 2.25. The standard InChI is InChI=1S/C16H17N5O2S/c1-11-18-15(10-20(11)2)24(22,23)21-7-5-14-13(9-21)8-12-4-3-6-17-16(12)19-14/h3-4,6,8,10H,5,7,9H2,1-2H3. The van der Waals surface area contributed by atoms with E-state index in [0.29, 0.717) is 31.0 Å². The van der Waals surface area contributed by atoms with Gasteiger partial charge < -0.3 is 4.57 Å². The molecule has 0 radical (unpaired) electrons. The number of rotatable bonds is 2. The van der Waals surface area contributed by atoms with Crippen molar-refractivity contribution in [2.45, 2.75) is 24.9 Å². The Labute approximate surface area is 140 Å². The number of aromatic nitrogens is 4. The molecule has 7 nitrogen and oxygen atoms in total. The third kappa shape index (κ3) is 2.38. The third-order valence-electron chi connectivity index (χ3n) is 4.39. The first-order valence-corrected chi connectivity index (χ1v) is 9.13. The minimum atomic E-state index is -3.60. The van der Waals surface area contributed by atoms with E-state index in [9.17, 15) is 8.42 Å². The number of sulfonamides is 1. The molecule has 4 heterocycles. The third-order valence-corrected chi connectivity index (χ3v) is 6.11. The predicted octanol–water partition coefficient (Wildman–Crippen LogP) is 1.42. The van der Waals surface area contributed by atoms with E-state index in [1.807, 2.05) is 18.2 Å². The number of hydrogen-bond donors (Lipinski definition) is 0. The topological polar surface area (TPSA) is 81.0 Å². The smallest absolute Gasteiger partial charge is 0.262 e. The number of fused-ring (bicyclic) bond motifs is 2. The number of pyridine rings is 2. The van der Waals surface area contributed by atoms with Crippen LogP contribution in [0.15, 0.2) is 35.6 Å². The van der Waals surface area contributed by atoms with Crippen LogP contribution in [-0.4, -0.2) is 38.8 Å². The molecular formula is C16H17N5O2S. The zero-order chi connectivity index (χ0) is 16.9. The molecule has 0 bridgehead atoms. The molecule has 0 saturated heterocycles. The highest BCUT2D eigenvalue weighted by molar-refractivity contribution is 7.89. The molecule has 3 aromatic heterocycles. The van der Waals surface area contributed by atoms with Crippen LogP contribution in [0.5, 0.6) is 0 Å². The van der Waals surface area contributed by atoms with Crippen molar-refractivity contribution < 1.29 is 8.42 Å². The molecule has 24 heavy (non-hydrogen) atoms. The van der Waals surface area contributed by atoms with Gasteiger partial charge in [-0.1, -0.05) is 0 Å². The lowest BCUT2D eigenvalue weighted by Crippen LogP contribution is -2.36. The predicted molar refractivity (Wildman–Crippen MR) is 88.8 cm³/mol. The molecule has 0 spiro atoms. The van der Waals surface area contributed by atoms with Crippen LogP contribution in [0.4, 0.5) is 0 Å². The van der Waals surface area contributed by atoms with E-state index in [-0.39, 0.29) is 5.03 Å². The molecular weight excluding hydrogens is 326 g/mol. The van der Waals surface area contributed by atoms with Gasteiger partial charge in [0, 0.05) is 50.0 Å². The lowest BCUT2D eigenvalue weighted by Gasteiger charge is -2.26. The Morgan fingerprint density at radius 2 is 2.08 bits per heavy atom. The van der Waals surface area contributed by atoms with Crippen LogP contribution in [0, 0.1) is 6.92 Å². The van der Waals surface area contributed by atoms with Crippen molar-refractivity contribution in [3.05, 3.63) is 47.7 Å². The van der Waals surface area contributed by atoms with Gasteiger partial charge in [-0.25, -0.2) is 23.4 Å². The summed E-state index contributed by atoms with van der Waals surface area (Å²) in [6.07, 6.45) is 3.85. The number of nitrogens with zero attached hydrogens (tertiary/aromatic N) is 5. The normalized spacial score (nSPS) is 15.6. The second-order valence-corrected chi connectivity index (χ2v) is 7.85. The minimum Gasteiger partial charge on any atom is -0.337 e. The van der Waals surface area contributed by atoms with Crippen LogP contribution in [0.2, 0.25) is 0 Å². The van der Waals surface area contributed by atoms with Crippen molar-refractivity contribution in [1.29, 1.82) is 0 Å². The Kier molecular flexibility index (Phi) is 3.40. The fraction of sp³-hybridized carbons (Fsp3) is 0.312. The van der Waals surface area contributed by atoms with Crippen LogP contribution in [-0.2, 0) is 30.0 Å². The second kappa shape index (κ2) is 5.35. The molecule has 0 N–H and O–H groups in total. The van der Waals surface area contributed by atoms with Crippen LogP contribution in [0.25, 0.3) is 11.0 Å². The summed E-state index contributed by atoms with van der Waals surface area (Å²) >= 11 is 0. The molecule has 1 aliphatic heterocycles. The number of aryl methyl sites for hydroxylation is 2. The molecule has 1 aliphatic rings. The Bertz CT molecular complexity index is 1020. The highest BCUT2D eigenvalue weighted by atomic mass is 32.2. The van der Waals surface area contributed by atoms with Crippen molar-refractivity contribution in [1.82, 2.24) is 23.8 Å². The summed E-state index contributed by atoms with van der Waals surface area (Å²) in [4.78, 5) is 13.0. The SMILES string of the molecule is Cc1nc(S(=O)(=O)N2CCc3nc4ncccc4cc3C2)cn1C. The van der Waals surface area contributed by atoms with E-state index in [4.69, 9.17) is 0 Å². The van der Waals surface area contributed by atoms with E-state index >= 15 is 0 Å². The van der Waals surface area contributed by atoms with Gasteiger partial charge in [-0.2, -0.15) is 4.31 Å². The average molecular weight is 343 g/mol. The maximum absolute atomic E-state index is 12.8. The van der Waals surface area contributed by atoms with E-state index in [1.165, 1.54) is 4.31 Å². The fourth-order valence-electron chi connectivity index (χ4n) is 2.93. The van der Waals surface area contributed by atoms with E-state index in [1.54, 1.807) is 30.9 Å². The zero-order valence-electron chi connectivity index (χ0n) is 13.5. The summed E-state index contributed by atoms with van der Waals surface area (Å²) in [7, 11) is -1.81. The molecule has 0 saturated carbocycles. The number of imidazole rings is 1. The number of hydrogen-bond acceptors (Lipinski definition) is 5. The molecule has 0 fully saturated rings. The second-order valence-electron chi connectivity index (χ2n) is 5.97. The first-order chi connectivity index (χ1) is 11.4. The van der Waals surface area contributed by atoms with Gasteiger partial charge in [-0.15, -0.1) is 0 Å². The fourth-order valence-corrected chi connectivity index (χ4v) is 4.37. The summed E-state index contributed by atoms with van der Waals surface area (Å²) in [6, 6.07) is 5.77. The van der Waals surface area contributed by atoms with Crippen LogP contribution in [0.3, 0.4) is 0 Å². The summed E-state index contributed by atoms with van der Waals surface area (Å²) in [5.74, 6) is 0.671. The van der Waals surface area contributed by atoms with Crippen LogP contribution in [0.1, 0.15) is 17.1 Å². The maximum Gasteiger partial charge on any atom is 0.262 e. The van der Waals surface area contributed by atoms with Crippen molar-refractivity contribution in [3.8, 4) is 0 Å². The van der Waals surface area contributed by atoms with Gasteiger partial charge in [0.25, 0.3) is 10.0 Å². The van der Waals surface area contributed by atoms with Gasteiger partial charge in [0.2, 0.25) is 0 Å². The summed E-state index contributed by atoms with van der Waals surface area (Å²) in [6.45, 7) is 2.50. The Balaban J connectivity index is 1.72. The molecule has 3 aromatic rings. The summed E-state index contributed by atoms with van der Waals surface area (Å²) in [5, 5.41) is 1.02. The van der Waals surface area contributed by atoms with Gasteiger partial charge in [-0.05, 0) is 30.7 Å². The van der Waals surface area contributed by atoms with E-state index in [0.717, 1.165) is 16.6 Å². The van der Waals surface area contributed by atoms with Gasteiger partial charge in [-0.3, -0.25) is 0 Å². The molecule has 0 aliphatic carbocycles. The molecule has 124 valence electrons. The van der Waals surface area contributed by atoms with Crippen molar-refractivity contribution >= 4 is 21.1 Å². The van der Waals surface area contributed by atoms with Crippen molar-refractivity contribution in [2.75, 3.05) is 6.54 Å². The van der Waals surface area contributed by atoms with E-state index < -0.39 is 10.0 Å². The quantitative estimate of drug-likeness (QED) is 0.703. The Morgan fingerprint density at radius 3 is 2.83 bits per heavy atom. The first-order valence-electron chi connectivity index (χ1n) is 7.69. The molecule has 4 rings (SSSR count). The summed E-state index contributed by atoms with van der Waals surface area (Å²) in [5.41, 5.74) is 2.55. The highest BCUT2D eigenvalue weighted by Gasteiger charge is 2.31. The van der Waals surface area contributed by atoms with Crippen LogP contribution < -0.4 is 0 Å². The van der Waals surface area contributed by atoms with Crippen molar-refractivity contribution in [2.24, 2.45) is 7.05 Å². The van der Waals surface area contributed by atoms with Gasteiger partial charge in [0.1, 0.15) is 5.82 Å². The van der Waals surface area contributed by atoms with Gasteiger partial charge in [0.05, 0.1) is 0 Å². The first kappa shape index (κ1) is 15.2. The monoisotopic (exact) mass is 343 g/mol. The Morgan fingerprint density at radius 1 is 1.25 bits per heavy atom. The van der Waals surface area contributed by atoms with Crippen LogP contribution >= 0.6 is 0 Å². The maximum atomic E-state index is 12.8. The molecule has 0 unspecified atom stereocenters. The lowest BCUT2D eigenvalue weighted by molar-refractivity contribution is 0.387. The summed E-state index contributed by atoms with van der Waals surface area (Å²) < 4.78 is 28.9. The van der Waals surface area contributed by atoms with Gasteiger partial charge >= 0.3 is 0 Å². The average Bonchev–Trinajstić information content (AvgIpc) is 2.92.